The molecule has 1 spiro atoms. The third-order valence-electron chi connectivity index (χ3n) is 5.57. The van der Waals surface area contributed by atoms with Crippen LogP contribution in [0.5, 0.6) is 0 Å². The van der Waals surface area contributed by atoms with E-state index in [0.717, 1.165) is 23.7 Å². The molecule has 1 saturated carbocycles. The molecule has 1 heterocycles. The minimum Gasteiger partial charge on any atom is -0.316 e. The van der Waals surface area contributed by atoms with Crippen LogP contribution in [0.1, 0.15) is 59.8 Å². The molecule has 2 aliphatic rings. The van der Waals surface area contributed by atoms with Gasteiger partial charge in [0, 0.05) is 0 Å². The second-order valence-corrected chi connectivity index (χ2v) is 7.29. The summed E-state index contributed by atoms with van der Waals surface area (Å²) in [5, 5.41) is 3.64. The van der Waals surface area contributed by atoms with Crippen molar-refractivity contribution in [1.82, 2.24) is 5.32 Å². The molecule has 0 aromatic heterocycles. The number of hydrogen-bond donors (Lipinski definition) is 1. The average molecular weight is 237 g/mol. The van der Waals surface area contributed by atoms with Gasteiger partial charge in [-0.15, -0.1) is 0 Å². The lowest BCUT2D eigenvalue weighted by Gasteiger charge is -2.53. The summed E-state index contributed by atoms with van der Waals surface area (Å²) in [4.78, 5) is 0. The topological polar surface area (TPSA) is 12.0 Å². The minimum absolute atomic E-state index is 0.683. The molecular weight excluding hydrogens is 206 g/mol. The lowest BCUT2D eigenvalue weighted by molar-refractivity contribution is -0.0189. The molecule has 1 aliphatic heterocycles. The summed E-state index contributed by atoms with van der Waals surface area (Å²) >= 11 is 0. The molecule has 1 saturated heterocycles. The molecular formula is C16H31N. The summed E-state index contributed by atoms with van der Waals surface area (Å²) in [5.41, 5.74) is 0.683. The maximum atomic E-state index is 3.64. The van der Waals surface area contributed by atoms with E-state index in [9.17, 15) is 0 Å². The van der Waals surface area contributed by atoms with E-state index in [1.165, 1.54) is 45.2 Å². The van der Waals surface area contributed by atoms with Crippen molar-refractivity contribution in [1.29, 1.82) is 0 Å². The van der Waals surface area contributed by atoms with Crippen LogP contribution in [-0.4, -0.2) is 13.1 Å². The highest BCUT2D eigenvalue weighted by molar-refractivity contribution is 4.98. The molecule has 0 aromatic carbocycles. The standard InChI is InChI=1S/C16H31N/c1-12(2)9-15-11-17-8-7-16(15)6-5-13(3)10-14(16)4/h12-15,17H,5-11H2,1-4H3. The molecule has 4 atom stereocenters. The van der Waals surface area contributed by atoms with Crippen molar-refractivity contribution in [3.8, 4) is 0 Å². The molecule has 1 aliphatic carbocycles. The van der Waals surface area contributed by atoms with Gasteiger partial charge in [0.05, 0.1) is 0 Å². The normalized spacial score (nSPS) is 43.2. The fourth-order valence-electron chi connectivity index (χ4n) is 4.59. The average Bonchev–Trinajstić information content (AvgIpc) is 2.26. The highest BCUT2D eigenvalue weighted by Gasteiger charge is 2.46. The SMILES string of the molecule is CC(C)CC1CNCCC12CCC(C)CC2C. The Morgan fingerprint density at radius 2 is 2.00 bits per heavy atom. The Labute approximate surface area is 108 Å². The number of piperidine rings is 1. The Morgan fingerprint density at radius 1 is 1.24 bits per heavy atom. The van der Waals surface area contributed by atoms with Crippen LogP contribution in [0.3, 0.4) is 0 Å². The molecule has 0 radical (unpaired) electrons. The lowest BCUT2D eigenvalue weighted by Crippen LogP contribution is -2.51. The van der Waals surface area contributed by atoms with Crippen molar-refractivity contribution in [3.63, 3.8) is 0 Å². The molecule has 2 fully saturated rings. The van der Waals surface area contributed by atoms with E-state index in [1.807, 2.05) is 0 Å². The van der Waals surface area contributed by atoms with Gasteiger partial charge in [0.1, 0.15) is 0 Å². The summed E-state index contributed by atoms with van der Waals surface area (Å²) in [6, 6.07) is 0. The van der Waals surface area contributed by atoms with Gasteiger partial charge in [0.25, 0.3) is 0 Å². The number of hydrogen-bond acceptors (Lipinski definition) is 1. The molecule has 100 valence electrons. The van der Waals surface area contributed by atoms with Gasteiger partial charge in [0.15, 0.2) is 0 Å². The summed E-state index contributed by atoms with van der Waals surface area (Å²) in [7, 11) is 0. The Bertz CT molecular complexity index is 248. The van der Waals surface area contributed by atoms with Crippen LogP contribution in [-0.2, 0) is 0 Å². The van der Waals surface area contributed by atoms with E-state index in [4.69, 9.17) is 0 Å². The highest BCUT2D eigenvalue weighted by Crippen LogP contribution is 2.53. The van der Waals surface area contributed by atoms with E-state index in [1.54, 1.807) is 0 Å². The fourth-order valence-corrected chi connectivity index (χ4v) is 4.59. The third-order valence-corrected chi connectivity index (χ3v) is 5.57. The van der Waals surface area contributed by atoms with Gasteiger partial charge in [-0.1, -0.05) is 34.1 Å². The van der Waals surface area contributed by atoms with Gasteiger partial charge in [-0.25, -0.2) is 0 Å². The van der Waals surface area contributed by atoms with Crippen molar-refractivity contribution >= 4 is 0 Å². The highest BCUT2D eigenvalue weighted by atomic mass is 14.9. The summed E-state index contributed by atoms with van der Waals surface area (Å²) in [5.74, 6) is 3.68. The first kappa shape index (κ1) is 13.4. The Morgan fingerprint density at radius 3 is 2.65 bits per heavy atom. The van der Waals surface area contributed by atoms with Gasteiger partial charge in [-0.2, -0.15) is 0 Å². The van der Waals surface area contributed by atoms with Gasteiger partial charge in [-0.05, 0) is 67.9 Å². The van der Waals surface area contributed by atoms with E-state index in [2.05, 4.69) is 33.0 Å². The molecule has 1 N–H and O–H groups in total. The van der Waals surface area contributed by atoms with E-state index in [0.29, 0.717) is 5.41 Å². The summed E-state index contributed by atoms with van der Waals surface area (Å²) in [6.45, 7) is 12.3. The molecule has 1 heteroatoms. The molecule has 0 amide bonds. The fraction of sp³-hybridized carbons (Fsp3) is 1.00. The van der Waals surface area contributed by atoms with Crippen LogP contribution in [0.4, 0.5) is 0 Å². The molecule has 0 aromatic rings. The Kier molecular flexibility index (Phi) is 4.18. The first-order valence-corrected chi connectivity index (χ1v) is 7.75. The van der Waals surface area contributed by atoms with Crippen molar-refractivity contribution in [3.05, 3.63) is 0 Å². The van der Waals surface area contributed by atoms with Crippen molar-refractivity contribution < 1.29 is 0 Å². The quantitative estimate of drug-likeness (QED) is 0.763. The second kappa shape index (κ2) is 5.30. The molecule has 0 bridgehead atoms. The zero-order valence-electron chi connectivity index (χ0n) is 12.3. The van der Waals surface area contributed by atoms with E-state index >= 15 is 0 Å². The van der Waals surface area contributed by atoms with Gasteiger partial charge < -0.3 is 5.32 Å². The largest absolute Gasteiger partial charge is 0.316 e. The maximum Gasteiger partial charge on any atom is -0.00150 e. The summed E-state index contributed by atoms with van der Waals surface area (Å²) in [6.07, 6.45) is 7.28. The van der Waals surface area contributed by atoms with Gasteiger partial charge in [-0.3, -0.25) is 0 Å². The first-order valence-electron chi connectivity index (χ1n) is 7.75. The zero-order chi connectivity index (χ0) is 12.5. The van der Waals surface area contributed by atoms with Crippen molar-refractivity contribution in [2.45, 2.75) is 59.8 Å². The first-order chi connectivity index (χ1) is 8.04. The van der Waals surface area contributed by atoms with Crippen LogP contribution in [0.25, 0.3) is 0 Å². The molecule has 2 rings (SSSR count). The molecule has 4 unspecified atom stereocenters. The number of nitrogens with one attached hydrogen (secondary N) is 1. The lowest BCUT2D eigenvalue weighted by atomic mass is 9.54. The Balaban J connectivity index is 2.12. The second-order valence-electron chi connectivity index (χ2n) is 7.29. The predicted octanol–water partition coefficient (Wildman–Crippen LogP) is 4.08. The zero-order valence-corrected chi connectivity index (χ0v) is 12.3. The Hall–Kier alpha value is -0.0400. The minimum atomic E-state index is 0.683. The molecule has 17 heavy (non-hydrogen) atoms. The van der Waals surface area contributed by atoms with Crippen LogP contribution in [0.2, 0.25) is 0 Å². The third kappa shape index (κ3) is 2.70. The van der Waals surface area contributed by atoms with Crippen molar-refractivity contribution in [2.75, 3.05) is 13.1 Å². The summed E-state index contributed by atoms with van der Waals surface area (Å²) < 4.78 is 0. The van der Waals surface area contributed by atoms with Gasteiger partial charge in [0.2, 0.25) is 0 Å². The smallest absolute Gasteiger partial charge is 0.00150 e. The van der Waals surface area contributed by atoms with Crippen molar-refractivity contribution in [2.24, 2.45) is 29.1 Å². The van der Waals surface area contributed by atoms with E-state index < -0.39 is 0 Å². The van der Waals surface area contributed by atoms with Crippen LogP contribution in [0, 0.1) is 29.1 Å². The van der Waals surface area contributed by atoms with Crippen LogP contribution < -0.4 is 5.32 Å². The van der Waals surface area contributed by atoms with Gasteiger partial charge >= 0.3 is 0 Å². The maximum absolute atomic E-state index is 3.64. The number of rotatable bonds is 2. The van der Waals surface area contributed by atoms with Crippen LogP contribution in [0.15, 0.2) is 0 Å². The molecule has 1 nitrogen and oxygen atoms in total. The van der Waals surface area contributed by atoms with Crippen LogP contribution >= 0.6 is 0 Å². The van der Waals surface area contributed by atoms with E-state index in [-0.39, 0.29) is 0 Å². The predicted molar refractivity (Wildman–Crippen MR) is 75.0 cm³/mol. The monoisotopic (exact) mass is 237 g/mol.